The number of amides is 2. The van der Waals surface area contributed by atoms with Crippen LogP contribution in [0.1, 0.15) is 11.1 Å². The highest BCUT2D eigenvalue weighted by atomic mass is 32.2. The lowest BCUT2D eigenvalue weighted by Gasteiger charge is -2.18. The van der Waals surface area contributed by atoms with Crippen LogP contribution >= 0.6 is 11.8 Å². The Hall–Kier alpha value is -3.26. The number of amidine groups is 1. The standard InChI is InChI=1S/C22H21N3O4S/c1-14-4-7-16(8-5-14)25-21(27)17(23-22(25)30-12-20(26)24(2)3)10-15-6-9-18-19(11-15)29-13-28-18/h4-11H,12-13H2,1-3H3/b17-10-. The van der Waals surface area contributed by atoms with E-state index in [9.17, 15) is 9.59 Å². The molecule has 0 aliphatic carbocycles. The second kappa shape index (κ2) is 8.23. The molecule has 2 heterocycles. The van der Waals surface area contributed by atoms with Gasteiger partial charge in [-0.15, -0.1) is 0 Å². The van der Waals surface area contributed by atoms with Crippen molar-refractivity contribution in [2.75, 3.05) is 31.5 Å². The van der Waals surface area contributed by atoms with Gasteiger partial charge in [0.25, 0.3) is 5.91 Å². The first-order chi connectivity index (χ1) is 14.4. The van der Waals surface area contributed by atoms with Gasteiger partial charge in [-0.1, -0.05) is 35.5 Å². The fourth-order valence-corrected chi connectivity index (χ4v) is 3.92. The number of carbonyl (C=O) groups is 2. The first-order valence-electron chi connectivity index (χ1n) is 9.36. The lowest BCUT2D eigenvalue weighted by molar-refractivity contribution is -0.125. The highest BCUT2D eigenvalue weighted by Gasteiger charge is 2.32. The normalized spacial score (nSPS) is 16.2. The van der Waals surface area contributed by atoms with Gasteiger partial charge in [0, 0.05) is 14.1 Å². The van der Waals surface area contributed by atoms with Crippen LogP contribution in [0.25, 0.3) is 6.08 Å². The molecule has 0 aromatic heterocycles. The van der Waals surface area contributed by atoms with E-state index in [1.807, 2.05) is 43.3 Å². The van der Waals surface area contributed by atoms with Crippen molar-refractivity contribution in [2.45, 2.75) is 6.92 Å². The minimum Gasteiger partial charge on any atom is -0.454 e. The molecule has 2 aromatic carbocycles. The topological polar surface area (TPSA) is 71.4 Å². The van der Waals surface area contributed by atoms with Gasteiger partial charge in [-0.25, -0.2) is 4.99 Å². The van der Waals surface area contributed by atoms with Crippen molar-refractivity contribution in [3.05, 3.63) is 59.3 Å². The van der Waals surface area contributed by atoms with Gasteiger partial charge in [0.2, 0.25) is 12.7 Å². The second-order valence-electron chi connectivity index (χ2n) is 7.09. The molecule has 0 fully saturated rings. The molecule has 0 saturated heterocycles. The van der Waals surface area contributed by atoms with E-state index >= 15 is 0 Å². The van der Waals surface area contributed by atoms with E-state index in [0.717, 1.165) is 11.1 Å². The number of hydrogen-bond acceptors (Lipinski definition) is 6. The summed E-state index contributed by atoms with van der Waals surface area (Å²) >= 11 is 1.24. The molecule has 4 rings (SSSR count). The summed E-state index contributed by atoms with van der Waals surface area (Å²) in [6.45, 7) is 2.17. The first-order valence-corrected chi connectivity index (χ1v) is 10.3. The molecule has 2 aliphatic heterocycles. The third-order valence-electron chi connectivity index (χ3n) is 4.65. The molecule has 0 radical (unpaired) electrons. The fourth-order valence-electron chi connectivity index (χ4n) is 2.93. The van der Waals surface area contributed by atoms with Crippen LogP contribution in [0.15, 0.2) is 53.2 Å². The van der Waals surface area contributed by atoms with Crippen molar-refractivity contribution < 1.29 is 19.1 Å². The zero-order chi connectivity index (χ0) is 21.3. The summed E-state index contributed by atoms with van der Waals surface area (Å²) in [7, 11) is 3.40. The quantitative estimate of drug-likeness (QED) is 0.706. The van der Waals surface area contributed by atoms with Crippen molar-refractivity contribution in [1.29, 1.82) is 0 Å². The van der Waals surface area contributed by atoms with Crippen LogP contribution < -0.4 is 14.4 Å². The minimum absolute atomic E-state index is 0.0489. The number of aryl methyl sites for hydroxylation is 1. The highest BCUT2D eigenvalue weighted by molar-refractivity contribution is 8.14. The molecule has 30 heavy (non-hydrogen) atoms. The number of rotatable bonds is 4. The number of anilines is 1. The van der Waals surface area contributed by atoms with Gasteiger partial charge in [0.15, 0.2) is 16.7 Å². The predicted octanol–water partition coefficient (Wildman–Crippen LogP) is 3.29. The largest absolute Gasteiger partial charge is 0.454 e. The molecule has 0 unspecified atom stereocenters. The van der Waals surface area contributed by atoms with E-state index in [0.29, 0.717) is 28.1 Å². The molecular formula is C22H21N3O4S. The summed E-state index contributed by atoms with van der Waals surface area (Å²) in [6, 6.07) is 13.1. The molecule has 2 aliphatic rings. The molecular weight excluding hydrogens is 402 g/mol. The van der Waals surface area contributed by atoms with Crippen LogP contribution in [0.4, 0.5) is 5.69 Å². The van der Waals surface area contributed by atoms with Gasteiger partial charge in [0.1, 0.15) is 5.70 Å². The van der Waals surface area contributed by atoms with Crippen LogP contribution in [0.5, 0.6) is 11.5 Å². The van der Waals surface area contributed by atoms with E-state index < -0.39 is 0 Å². The lowest BCUT2D eigenvalue weighted by atomic mass is 10.1. The van der Waals surface area contributed by atoms with Gasteiger partial charge in [-0.05, 0) is 42.8 Å². The number of thioether (sulfide) groups is 1. The number of aliphatic imine (C=N–C) groups is 1. The van der Waals surface area contributed by atoms with Crippen molar-refractivity contribution in [2.24, 2.45) is 4.99 Å². The van der Waals surface area contributed by atoms with Gasteiger partial charge in [-0.2, -0.15) is 0 Å². The van der Waals surface area contributed by atoms with Gasteiger partial charge in [-0.3, -0.25) is 14.5 Å². The van der Waals surface area contributed by atoms with Crippen molar-refractivity contribution in [1.82, 2.24) is 4.90 Å². The second-order valence-corrected chi connectivity index (χ2v) is 8.03. The summed E-state index contributed by atoms with van der Waals surface area (Å²) in [5, 5.41) is 0.478. The Morgan fingerprint density at radius 2 is 1.90 bits per heavy atom. The first kappa shape index (κ1) is 20.0. The van der Waals surface area contributed by atoms with Gasteiger partial charge < -0.3 is 14.4 Å². The van der Waals surface area contributed by atoms with E-state index in [1.54, 1.807) is 31.1 Å². The van der Waals surface area contributed by atoms with Crippen LogP contribution in [0.2, 0.25) is 0 Å². The maximum Gasteiger partial charge on any atom is 0.283 e. The number of fused-ring (bicyclic) bond motifs is 1. The smallest absolute Gasteiger partial charge is 0.283 e. The monoisotopic (exact) mass is 423 g/mol. The molecule has 0 N–H and O–H groups in total. The van der Waals surface area contributed by atoms with Gasteiger partial charge >= 0.3 is 0 Å². The van der Waals surface area contributed by atoms with Crippen molar-refractivity contribution in [3.63, 3.8) is 0 Å². The van der Waals surface area contributed by atoms with Crippen molar-refractivity contribution >= 4 is 40.5 Å². The van der Waals surface area contributed by atoms with Crippen LogP contribution in [-0.4, -0.2) is 48.5 Å². The number of hydrogen-bond donors (Lipinski definition) is 0. The summed E-state index contributed by atoms with van der Waals surface area (Å²) < 4.78 is 10.7. The maximum absolute atomic E-state index is 13.2. The minimum atomic E-state index is -0.240. The van der Waals surface area contributed by atoms with Crippen LogP contribution in [0.3, 0.4) is 0 Å². The SMILES string of the molecule is Cc1ccc(N2C(=O)/C(=C/c3ccc4c(c3)OCO4)N=C2SCC(=O)N(C)C)cc1. The Morgan fingerprint density at radius 3 is 2.63 bits per heavy atom. The summed E-state index contributed by atoms with van der Waals surface area (Å²) in [5.74, 6) is 1.22. The average Bonchev–Trinajstić information content (AvgIpc) is 3.31. The molecule has 2 aromatic rings. The van der Waals surface area contributed by atoms with Crippen LogP contribution in [-0.2, 0) is 9.59 Å². The third-order valence-corrected chi connectivity index (χ3v) is 5.57. The molecule has 0 saturated carbocycles. The molecule has 7 nitrogen and oxygen atoms in total. The number of ether oxygens (including phenoxy) is 2. The van der Waals surface area contributed by atoms with E-state index in [1.165, 1.54) is 16.7 Å². The summed E-state index contributed by atoms with van der Waals surface area (Å²) in [5.41, 5.74) is 2.89. The Labute approximate surface area is 179 Å². The van der Waals surface area contributed by atoms with E-state index in [-0.39, 0.29) is 24.4 Å². The van der Waals surface area contributed by atoms with E-state index in [4.69, 9.17) is 9.47 Å². The van der Waals surface area contributed by atoms with Crippen LogP contribution in [0, 0.1) is 6.92 Å². The Balaban J connectivity index is 1.66. The molecule has 8 heteroatoms. The van der Waals surface area contributed by atoms with E-state index in [2.05, 4.69) is 4.99 Å². The van der Waals surface area contributed by atoms with Crippen molar-refractivity contribution in [3.8, 4) is 11.5 Å². The maximum atomic E-state index is 13.2. The molecule has 0 spiro atoms. The average molecular weight is 423 g/mol. The van der Waals surface area contributed by atoms with Gasteiger partial charge in [0.05, 0.1) is 11.4 Å². The highest BCUT2D eigenvalue weighted by Crippen LogP contribution is 2.34. The Kier molecular flexibility index (Phi) is 5.50. The summed E-state index contributed by atoms with van der Waals surface area (Å²) in [6.07, 6.45) is 1.72. The molecule has 0 atom stereocenters. The molecule has 0 bridgehead atoms. The fraction of sp³-hybridized carbons (Fsp3) is 0.227. The number of carbonyl (C=O) groups excluding carboxylic acids is 2. The zero-order valence-corrected chi connectivity index (χ0v) is 17.7. The Morgan fingerprint density at radius 1 is 1.17 bits per heavy atom. The molecule has 154 valence electrons. The summed E-state index contributed by atoms with van der Waals surface area (Å²) in [4.78, 5) is 32.9. The molecule has 2 amide bonds. The zero-order valence-electron chi connectivity index (χ0n) is 16.9. The predicted molar refractivity (Wildman–Crippen MR) is 118 cm³/mol. The number of benzene rings is 2. The third kappa shape index (κ3) is 4.04. The number of nitrogens with zero attached hydrogens (tertiary/aromatic N) is 3. The lowest BCUT2D eigenvalue weighted by Crippen LogP contribution is -2.32. The Bertz CT molecular complexity index is 1060.